The van der Waals surface area contributed by atoms with Gasteiger partial charge in [-0.1, -0.05) is 17.4 Å². The van der Waals surface area contributed by atoms with E-state index < -0.39 is 0 Å². The van der Waals surface area contributed by atoms with Crippen LogP contribution in [0, 0.1) is 0 Å². The van der Waals surface area contributed by atoms with Crippen LogP contribution >= 0.6 is 12.2 Å². The smallest absolute Gasteiger partial charge is 0.414 e. The van der Waals surface area contributed by atoms with E-state index in [-0.39, 0.29) is 12.2 Å². The summed E-state index contributed by atoms with van der Waals surface area (Å²) in [5, 5.41) is 6.57. The highest BCUT2D eigenvalue weighted by molar-refractivity contribution is 7.80. The Kier molecular flexibility index (Phi) is 4.01. The van der Waals surface area contributed by atoms with Crippen LogP contribution in [0.25, 0.3) is 11.5 Å². The van der Waals surface area contributed by atoms with Crippen LogP contribution in [0.3, 0.4) is 0 Å². The maximum Gasteiger partial charge on any atom is 0.414 e. The maximum atomic E-state index is 11.9. The van der Waals surface area contributed by atoms with E-state index in [1.54, 1.807) is 11.8 Å². The zero-order chi connectivity index (χ0) is 15.5. The molecule has 1 amide bonds. The number of nitrogens with zero attached hydrogens (tertiary/aromatic N) is 3. The molecule has 0 radical (unpaired) electrons. The predicted molar refractivity (Wildman–Crippen MR) is 83.6 cm³/mol. The number of hydrogen-bond donors (Lipinski definition) is 1. The molecule has 0 saturated carbocycles. The van der Waals surface area contributed by atoms with Crippen molar-refractivity contribution in [2.45, 2.75) is 13.0 Å². The average Bonchev–Trinajstić information content (AvgIpc) is 3.15. The molecule has 1 saturated heterocycles. The van der Waals surface area contributed by atoms with Crippen LogP contribution in [0.1, 0.15) is 6.92 Å². The third-order valence-electron chi connectivity index (χ3n) is 3.24. The number of amides is 1. The Morgan fingerprint density at radius 3 is 2.86 bits per heavy atom. The second kappa shape index (κ2) is 6.10. The third-order valence-corrected chi connectivity index (χ3v) is 3.38. The zero-order valence-corrected chi connectivity index (χ0v) is 12.7. The van der Waals surface area contributed by atoms with E-state index in [2.05, 4.69) is 15.5 Å². The van der Waals surface area contributed by atoms with Gasteiger partial charge in [-0.3, -0.25) is 4.90 Å². The number of anilines is 1. The van der Waals surface area contributed by atoms with Crippen LogP contribution < -0.4 is 10.2 Å². The van der Waals surface area contributed by atoms with E-state index in [1.807, 2.05) is 24.3 Å². The summed E-state index contributed by atoms with van der Waals surface area (Å²) in [6.07, 6.45) is 0.761. The molecule has 0 aliphatic carbocycles. The maximum absolute atomic E-state index is 11.9. The number of carbonyl (C=O) groups excluding carboxylic acids is 1. The highest BCUT2D eigenvalue weighted by atomic mass is 32.1. The van der Waals surface area contributed by atoms with Crippen LogP contribution in [0.15, 0.2) is 35.1 Å². The molecular formula is C14H14N4O3S. The van der Waals surface area contributed by atoms with Crippen LogP contribution in [0.5, 0.6) is 0 Å². The summed E-state index contributed by atoms with van der Waals surface area (Å²) in [7, 11) is 0. The number of thiocarbonyl (C=S) groups is 1. The molecule has 1 aromatic carbocycles. The molecule has 0 bridgehead atoms. The lowest BCUT2D eigenvalue weighted by Crippen LogP contribution is -2.32. The first-order valence-corrected chi connectivity index (χ1v) is 7.14. The van der Waals surface area contributed by atoms with Crippen molar-refractivity contribution in [2.24, 2.45) is 0 Å². The Balaban J connectivity index is 1.69. The molecule has 2 heterocycles. The number of aromatic nitrogens is 2. The average molecular weight is 318 g/mol. The molecule has 8 heteroatoms. The fraction of sp³-hybridized carbons (Fsp3) is 0.286. The number of rotatable bonds is 4. The van der Waals surface area contributed by atoms with Gasteiger partial charge in [0.2, 0.25) is 0 Å². The van der Waals surface area contributed by atoms with Crippen molar-refractivity contribution in [1.82, 2.24) is 15.5 Å². The van der Waals surface area contributed by atoms with Gasteiger partial charge in [-0.15, -0.1) is 0 Å². The first-order chi connectivity index (χ1) is 10.6. The lowest BCUT2D eigenvalue weighted by Gasteiger charge is -2.13. The van der Waals surface area contributed by atoms with Gasteiger partial charge in [0.15, 0.2) is 6.33 Å². The van der Waals surface area contributed by atoms with E-state index >= 15 is 0 Å². The van der Waals surface area contributed by atoms with Crippen molar-refractivity contribution in [1.29, 1.82) is 0 Å². The standard InChI is InChI=1S/C14H14N4O3S/c1-9(22)15-6-12-7-18(14(19)20-12)11-4-2-10(3-5-11)13-16-8-17-21-13/h2-5,8,12H,6-7H2,1H3,(H,15,22). The minimum atomic E-state index is -0.362. The normalized spacial score (nSPS) is 17.4. The minimum absolute atomic E-state index is 0.221. The SMILES string of the molecule is CC(=S)NCC1CN(c2ccc(-c3ncno3)cc2)C(=O)O1. The van der Waals surface area contributed by atoms with Crippen molar-refractivity contribution < 1.29 is 14.1 Å². The van der Waals surface area contributed by atoms with Gasteiger partial charge >= 0.3 is 6.09 Å². The van der Waals surface area contributed by atoms with Crippen LogP contribution in [0.2, 0.25) is 0 Å². The van der Waals surface area contributed by atoms with Gasteiger partial charge in [0.1, 0.15) is 6.10 Å². The molecule has 1 fully saturated rings. The molecule has 114 valence electrons. The monoisotopic (exact) mass is 318 g/mol. The minimum Gasteiger partial charge on any atom is -0.442 e. The number of hydrogen-bond acceptors (Lipinski definition) is 6. The summed E-state index contributed by atoms with van der Waals surface area (Å²) in [6.45, 7) is 2.78. The van der Waals surface area contributed by atoms with Gasteiger partial charge in [0.25, 0.3) is 5.89 Å². The molecule has 1 N–H and O–H groups in total. The lowest BCUT2D eigenvalue weighted by molar-refractivity contribution is 0.143. The van der Waals surface area contributed by atoms with Gasteiger partial charge in [0.05, 0.1) is 18.1 Å². The second-order valence-electron chi connectivity index (χ2n) is 4.85. The molecule has 1 aliphatic heterocycles. The fourth-order valence-corrected chi connectivity index (χ4v) is 2.26. The van der Waals surface area contributed by atoms with Crippen molar-refractivity contribution in [3.63, 3.8) is 0 Å². The summed E-state index contributed by atoms with van der Waals surface area (Å²) >= 11 is 4.95. The zero-order valence-electron chi connectivity index (χ0n) is 11.9. The van der Waals surface area contributed by atoms with Crippen molar-refractivity contribution in [2.75, 3.05) is 18.0 Å². The van der Waals surface area contributed by atoms with Gasteiger partial charge in [-0.05, 0) is 31.2 Å². The van der Waals surface area contributed by atoms with Crippen molar-refractivity contribution >= 4 is 29.0 Å². The Morgan fingerprint density at radius 2 is 2.23 bits per heavy atom. The molecule has 1 atom stereocenters. The number of benzene rings is 1. The summed E-state index contributed by atoms with van der Waals surface area (Å²) in [4.78, 5) is 18.2. The quantitative estimate of drug-likeness (QED) is 0.864. The number of cyclic esters (lactones) is 1. The number of carbonyl (C=O) groups is 1. The largest absolute Gasteiger partial charge is 0.442 e. The third kappa shape index (κ3) is 3.06. The molecule has 1 aromatic heterocycles. The number of nitrogens with one attached hydrogen (secondary N) is 1. The Morgan fingerprint density at radius 1 is 1.45 bits per heavy atom. The Hall–Kier alpha value is -2.48. The van der Waals surface area contributed by atoms with Gasteiger partial charge in [0, 0.05) is 11.3 Å². The summed E-state index contributed by atoms with van der Waals surface area (Å²) in [5.41, 5.74) is 1.55. The van der Waals surface area contributed by atoms with Crippen LogP contribution in [-0.4, -0.2) is 40.4 Å². The van der Waals surface area contributed by atoms with E-state index in [9.17, 15) is 4.79 Å². The summed E-state index contributed by atoms with van der Waals surface area (Å²) in [5.74, 6) is 0.439. The molecule has 0 spiro atoms. The van der Waals surface area contributed by atoms with E-state index in [1.165, 1.54) is 6.33 Å². The summed E-state index contributed by atoms with van der Waals surface area (Å²) < 4.78 is 10.3. The molecule has 3 rings (SSSR count). The Labute approximate surface area is 132 Å². The van der Waals surface area contributed by atoms with Crippen molar-refractivity contribution in [3.8, 4) is 11.5 Å². The lowest BCUT2D eigenvalue weighted by atomic mass is 10.2. The summed E-state index contributed by atoms with van der Waals surface area (Å²) in [6, 6.07) is 7.29. The predicted octanol–water partition coefficient (Wildman–Crippen LogP) is 2.00. The van der Waals surface area contributed by atoms with Crippen LogP contribution in [-0.2, 0) is 4.74 Å². The highest BCUT2D eigenvalue weighted by Crippen LogP contribution is 2.24. The van der Waals surface area contributed by atoms with E-state index in [0.29, 0.717) is 24.0 Å². The number of ether oxygens (including phenoxy) is 1. The fourth-order valence-electron chi connectivity index (χ4n) is 2.18. The molecule has 2 aromatic rings. The molecule has 1 unspecified atom stereocenters. The van der Waals surface area contributed by atoms with Gasteiger partial charge < -0.3 is 14.6 Å². The molecule has 7 nitrogen and oxygen atoms in total. The van der Waals surface area contributed by atoms with E-state index in [4.69, 9.17) is 21.5 Å². The molecular weight excluding hydrogens is 304 g/mol. The van der Waals surface area contributed by atoms with Crippen LogP contribution in [0.4, 0.5) is 10.5 Å². The molecule has 1 aliphatic rings. The molecule has 22 heavy (non-hydrogen) atoms. The topological polar surface area (TPSA) is 80.5 Å². The van der Waals surface area contributed by atoms with Crippen molar-refractivity contribution in [3.05, 3.63) is 30.6 Å². The first kappa shape index (κ1) is 14.5. The van der Waals surface area contributed by atoms with Gasteiger partial charge in [-0.2, -0.15) is 4.98 Å². The van der Waals surface area contributed by atoms with E-state index in [0.717, 1.165) is 11.3 Å². The van der Waals surface area contributed by atoms with Gasteiger partial charge in [-0.25, -0.2) is 4.79 Å². The first-order valence-electron chi connectivity index (χ1n) is 6.73. The Bertz CT molecular complexity index is 672. The second-order valence-corrected chi connectivity index (χ2v) is 5.46. The highest BCUT2D eigenvalue weighted by Gasteiger charge is 2.32.